The van der Waals surface area contributed by atoms with Crippen molar-refractivity contribution in [2.24, 2.45) is 17.8 Å². The summed E-state index contributed by atoms with van der Waals surface area (Å²) in [5.41, 5.74) is 0. The predicted octanol–water partition coefficient (Wildman–Crippen LogP) is 3.96. The van der Waals surface area contributed by atoms with Gasteiger partial charge in [-0.2, -0.15) is 15.0 Å². The smallest absolute Gasteiger partial charge is 0.192 e. The fourth-order valence-corrected chi connectivity index (χ4v) is 3.82. The van der Waals surface area contributed by atoms with E-state index in [2.05, 4.69) is 32.7 Å². The number of hydrogen-bond acceptors (Lipinski definition) is 6. The molecule has 0 amide bonds. The molecule has 1 heterocycles. The largest absolute Gasteiger partial charge is 0.196 e. The highest BCUT2D eigenvalue weighted by atomic mass is 32.2. The van der Waals surface area contributed by atoms with Crippen LogP contribution in [0.15, 0.2) is 15.5 Å². The monoisotopic (exact) mass is 375 g/mol. The van der Waals surface area contributed by atoms with E-state index in [9.17, 15) is 0 Å². The topological polar surface area (TPSA) is 38.7 Å². The number of terminal acetylenes is 3. The Hall–Kier alpha value is -1.26. The van der Waals surface area contributed by atoms with E-state index in [1.165, 1.54) is 0 Å². The second kappa shape index (κ2) is 11.3. The van der Waals surface area contributed by atoms with Gasteiger partial charge in [0.05, 0.1) is 0 Å². The molecule has 0 fully saturated rings. The molecular formula is C18H21N3S3. The fraction of sp³-hybridized carbons (Fsp3) is 0.500. The molecule has 1 aromatic heterocycles. The molecule has 0 aliphatic heterocycles. The number of nitrogens with zero attached hydrogens (tertiary/aromatic N) is 3. The minimum absolute atomic E-state index is 0.168. The molecule has 6 heteroatoms. The Bertz CT molecular complexity index is 552. The van der Waals surface area contributed by atoms with Gasteiger partial charge in [-0.1, -0.05) is 56.1 Å². The van der Waals surface area contributed by atoms with E-state index in [-0.39, 0.29) is 17.8 Å². The summed E-state index contributed by atoms with van der Waals surface area (Å²) in [6.07, 6.45) is 16.3. The van der Waals surface area contributed by atoms with Crippen LogP contribution in [0.1, 0.15) is 20.8 Å². The highest BCUT2D eigenvalue weighted by Gasteiger charge is 2.11. The molecule has 0 N–H and O–H groups in total. The summed E-state index contributed by atoms with van der Waals surface area (Å²) in [7, 11) is 0. The van der Waals surface area contributed by atoms with Gasteiger partial charge in [0.25, 0.3) is 0 Å². The zero-order valence-electron chi connectivity index (χ0n) is 14.2. The maximum atomic E-state index is 5.43. The second-order valence-corrected chi connectivity index (χ2v) is 8.28. The summed E-state index contributed by atoms with van der Waals surface area (Å²) >= 11 is 4.65. The summed E-state index contributed by atoms with van der Waals surface area (Å²) in [6, 6.07) is 0. The van der Waals surface area contributed by atoms with Crippen molar-refractivity contribution in [1.29, 1.82) is 0 Å². The van der Waals surface area contributed by atoms with Crippen LogP contribution in [-0.4, -0.2) is 32.2 Å². The molecule has 0 radical (unpaired) electrons. The van der Waals surface area contributed by atoms with Crippen LogP contribution in [0.2, 0.25) is 0 Å². The molecule has 3 unspecified atom stereocenters. The Labute approximate surface area is 158 Å². The zero-order chi connectivity index (χ0) is 17.9. The zero-order valence-corrected chi connectivity index (χ0v) is 16.6. The van der Waals surface area contributed by atoms with Crippen molar-refractivity contribution in [3.8, 4) is 37.0 Å². The van der Waals surface area contributed by atoms with E-state index in [0.29, 0.717) is 15.5 Å². The first kappa shape index (κ1) is 20.8. The van der Waals surface area contributed by atoms with Crippen molar-refractivity contribution in [3.05, 3.63) is 0 Å². The Morgan fingerprint density at radius 3 is 1.12 bits per heavy atom. The van der Waals surface area contributed by atoms with E-state index < -0.39 is 0 Å². The molecule has 1 aromatic rings. The lowest BCUT2D eigenvalue weighted by Gasteiger charge is -2.09. The molecule has 0 aliphatic carbocycles. The molecule has 0 saturated carbocycles. The number of rotatable bonds is 9. The number of hydrogen-bond donors (Lipinski definition) is 0. The SMILES string of the molecule is C#CC(C)CSc1nc(SCC(C)C#C)nc(SCC(C)C#C)n1. The predicted molar refractivity (Wildman–Crippen MR) is 106 cm³/mol. The van der Waals surface area contributed by atoms with E-state index in [4.69, 9.17) is 19.3 Å². The molecule has 1 rings (SSSR count). The maximum Gasteiger partial charge on any atom is 0.192 e. The van der Waals surface area contributed by atoms with Gasteiger partial charge in [-0.25, -0.2) is 0 Å². The number of aromatic nitrogens is 3. The Balaban J connectivity index is 2.86. The van der Waals surface area contributed by atoms with Crippen LogP contribution in [0, 0.1) is 54.8 Å². The standard InChI is InChI=1S/C18H21N3S3/c1-7-13(4)10-22-16-19-17(23-11-14(5)8-2)21-18(20-16)24-12-15(6)9-3/h1-3,13-15H,10-12H2,4-6H3. The Morgan fingerprint density at radius 1 is 0.667 bits per heavy atom. The molecule has 0 spiro atoms. The Morgan fingerprint density at radius 2 is 0.917 bits per heavy atom. The highest BCUT2D eigenvalue weighted by molar-refractivity contribution is 8.00. The van der Waals surface area contributed by atoms with Crippen molar-refractivity contribution < 1.29 is 0 Å². The van der Waals surface area contributed by atoms with Crippen molar-refractivity contribution in [1.82, 2.24) is 15.0 Å². The van der Waals surface area contributed by atoms with Crippen molar-refractivity contribution in [2.75, 3.05) is 17.3 Å². The van der Waals surface area contributed by atoms with Crippen LogP contribution in [0.25, 0.3) is 0 Å². The van der Waals surface area contributed by atoms with Crippen LogP contribution in [0.4, 0.5) is 0 Å². The van der Waals surface area contributed by atoms with Crippen molar-refractivity contribution in [2.45, 2.75) is 36.2 Å². The first-order valence-corrected chi connectivity index (χ1v) is 10.5. The van der Waals surface area contributed by atoms with E-state index in [1.807, 2.05) is 20.8 Å². The summed E-state index contributed by atoms with van der Waals surface area (Å²) in [5, 5.41) is 2.08. The normalized spacial score (nSPS) is 14.0. The van der Waals surface area contributed by atoms with Crippen LogP contribution < -0.4 is 0 Å². The number of thioether (sulfide) groups is 3. The van der Waals surface area contributed by atoms with Gasteiger partial charge in [0, 0.05) is 35.0 Å². The summed E-state index contributed by atoms with van der Waals surface area (Å²) in [5.74, 6) is 11.0. The minimum atomic E-state index is 0.168. The molecule has 0 bridgehead atoms. The van der Waals surface area contributed by atoms with Gasteiger partial charge in [0.2, 0.25) is 0 Å². The first-order chi connectivity index (χ1) is 11.5. The summed E-state index contributed by atoms with van der Waals surface area (Å²) < 4.78 is 0. The second-order valence-electron chi connectivity index (χ2n) is 5.32. The summed E-state index contributed by atoms with van der Waals surface area (Å²) in [6.45, 7) is 6.01. The molecule has 0 saturated heterocycles. The third-order valence-corrected chi connectivity index (χ3v) is 6.14. The molecule has 3 nitrogen and oxygen atoms in total. The van der Waals surface area contributed by atoms with Crippen LogP contribution in [0.5, 0.6) is 0 Å². The fourth-order valence-electron chi connectivity index (χ4n) is 1.26. The minimum Gasteiger partial charge on any atom is -0.196 e. The van der Waals surface area contributed by atoms with Crippen molar-refractivity contribution >= 4 is 35.3 Å². The summed E-state index contributed by atoms with van der Waals surface area (Å²) in [4.78, 5) is 13.5. The van der Waals surface area contributed by atoms with E-state index in [1.54, 1.807) is 35.3 Å². The molecule has 3 atom stereocenters. The third kappa shape index (κ3) is 8.02. The maximum absolute atomic E-state index is 5.43. The van der Waals surface area contributed by atoms with Gasteiger partial charge in [-0.05, 0) is 0 Å². The lowest BCUT2D eigenvalue weighted by molar-refractivity contribution is 0.711. The van der Waals surface area contributed by atoms with Gasteiger partial charge in [-0.15, -0.1) is 37.0 Å². The molecule has 0 aromatic carbocycles. The lowest BCUT2D eigenvalue weighted by atomic mass is 10.2. The van der Waals surface area contributed by atoms with Crippen LogP contribution >= 0.6 is 35.3 Å². The lowest BCUT2D eigenvalue weighted by Crippen LogP contribution is -2.03. The van der Waals surface area contributed by atoms with Gasteiger partial charge in [0.15, 0.2) is 15.5 Å². The highest BCUT2D eigenvalue weighted by Crippen LogP contribution is 2.25. The quantitative estimate of drug-likeness (QED) is 0.481. The third-order valence-electron chi connectivity index (χ3n) is 2.81. The van der Waals surface area contributed by atoms with Crippen LogP contribution in [0.3, 0.4) is 0 Å². The molecule has 126 valence electrons. The average molecular weight is 376 g/mol. The average Bonchev–Trinajstić information content (AvgIpc) is 2.61. The van der Waals surface area contributed by atoms with Gasteiger partial charge in [-0.3, -0.25) is 0 Å². The molecule has 0 aliphatic rings. The van der Waals surface area contributed by atoms with Crippen LogP contribution in [-0.2, 0) is 0 Å². The molecule has 24 heavy (non-hydrogen) atoms. The first-order valence-electron chi connectivity index (χ1n) is 7.51. The van der Waals surface area contributed by atoms with Gasteiger partial charge >= 0.3 is 0 Å². The Kier molecular flexibility index (Phi) is 9.80. The van der Waals surface area contributed by atoms with Crippen molar-refractivity contribution in [3.63, 3.8) is 0 Å². The van der Waals surface area contributed by atoms with Gasteiger partial charge < -0.3 is 0 Å². The molecular weight excluding hydrogens is 354 g/mol. The van der Waals surface area contributed by atoms with E-state index in [0.717, 1.165) is 17.3 Å². The van der Waals surface area contributed by atoms with E-state index >= 15 is 0 Å². The van der Waals surface area contributed by atoms with Gasteiger partial charge in [0.1, 0.15) is 0 Å².